The molecule has 2 N–H and O–H groups in total. The maximum absolute atomic E-state index is 12.3. The Bertz CT molecular complexity index is 332. The Morgan fingerprint density at radius 3 is 2.05 bits per heavy atom. The summed E-state index contributed by atoms with van der Waals surface area (Å²) in [5.74, 6) is -0.898. The number of nitrogens with zero attached hydrogens (tertiary/aromatic N) is 1. The average Bonchev–Trinajstić information content (AvgIpc) is 2.66. The molecule has 1 aliphatic carbocycles. The Hall–Kier alpha value is -1.26. The molecule has 2 amide bonds. The monoisotopic (exact) mass is 284 g/mol. The van der Waals surface area contributed by atoms with Crippen molar-refractivity contribution in [1.29, 1.82) is 0 Å². The summed E-state index contributed by atoms with van der Waals surface area (Å²) in [6.07, 6.45) is 6.64. The molecule has 0 bridgehead atoms. The van der Waals surface area contributed by atoms with Gasteiger partial charge in [-0.2, -0.15) is 0 Å². The molecule has 5 heteroatoms. The van der Waals surface area contributed by atoms with Gasteiger partial charge in [0.15, 0.2) is 0 Å². The second kappa shape index (κ2) is 7.50. The first-order chi connectivity index (χ1) is 9.46. The van der Waals surface area contributed by atoms with E-state index in [0.29, 0.717) is 12.8 Å². The standard InChI is InChI=1S/C15H28N2O3/c1-4-12(5-2)17(3)14(20)16-15(13(18)19)10-8-6-7-9-11-15/h12H,4-11H2,1-3H3,(H,16,20)(H,18,19). The number of amides is 2. The Kier molecular flexibility index (Phi) is 6.30. The molecule has 1 fully saturated rings. The smallest absolute Gasteiger partial charge is 0.329 e. The highest BCUT2D eigenvalue weighted by Gasteiger charge is 2.41. The van der Waals surface area contributed by atoms with Gasteiger partial charge in [-0.3, -0.25) is 0 Å². The third-order valence-electron chi connectivity index (χ3n) is 4.52. The molecule has 0 atom stereocenters. The quantitative estimate of drug-likeness (QED) is 0.762. The van der Waals surface area contributed by atoms with E-state index in [1.54, 1.807) is 11.9 Å². The van der Waals surface area contributed by atoms with Crippen LogP contribution in [0.4, 0.5) is 4.79 Å². The predicted molar refractivity (Wildman–Crippen MR) is 78.7 cm³/mol. The van der Waals surface area contributed by atoms with Crippen LogP contribution in [0.2, 0.25) is 0 Å². The van der Waals surface area contributed by atoms with Gasteiger partial charge in [0.25, 0.3) is 0 Å². The SMILES string of the molecule is CCC(CC)N(C)C(=O)NC1(C(=O)O)CCCCCC1. The van der Waals surface area contributed by atoms with Crippen LogP contribution in [0.1, 0.15) is 65.2 Å². The third-order valence-corrected chi connectivity index (χ3v) is 4.52. The molecule has 0 aliphatic heterocycles. The van der Waals surface area contributed by atoms with Crippen molar-refractivity contribution < 1.29 is 14.7 Å². The number of nitrogens with one attached hydrogen (secondary N) is 1. The normalized spacial score (nSPS) is 18.4. The van der Waals surface area contributed by atoms with Gasteiger partial charge in [0.1, 0.15) is 5.54 Å². The molecule has 1 saturated carbocycles. The number of carboxylic acid groups (broad SMARTS) is 1. The van der Waals surface area contributed by atoms with Gasteiger partial charge in [-0.25, -0.2) is 9.59 Å². The van der Waals surface area contributed by atoms with Crippen LogP contribution in [-0.4, -0.2) is 40.6 Å². The predicted octanol–water partition coefficient (Wildman–Crippen LogP) is 2.99. The van der Waals surface area contributed by atoms with E-state index in [0.717, 1.165) is 38.5 Å². The van der Waals surface area contributed by atoms with Crippen LogP contribution < -0.4 is 5.32 Å². The Morgan fingerprint density at radius 1 is 1.15 bits per heavy atom. The van der Waals surface area contributed by atoms with Crippen LogP contribution in [-0.2, 0) is 4.79 Å². The summed E-state index contributed by atoms with van der Waals surface area (Å²) < 4.78 is 0. The second-order valence-corrected chi connectivity index (χ2v) is 5.81. The van der Waals surface area contributed by atoms with Gasteiger partial charge >= 0.3 is 12.0 Å². The summed E-state index contributed by atoms with van der Waals surface area (Å²) in [5.41, 5.74) is -1.08. The number of carboxylic acids is 1. The van der Waals surface area contributed by atoms with Crippen LogP contribution in [0.5, 0.6) is 0 Å². The van der Waals surface area contributed by atoms with E-state index in [-0.39, 0.29) is 12.1 Å². The van der Waals surface area contributed by atoms with E-state index < -0.39 is 11.5 Å². The van der Waals surface area contributed by atoms with Crippen molar-refractivity contribution in [3.05, 3.63) is 0 Å². The summed E-state index contributed by atoms with van der Waals surface area (Å²) in [6.45, 7) is 4.08. The number of urea groups is 1. The largest absolute Gasteiger partial charge is 0.480 e. The molecule has 0 spiro atoms. The topological polar surface area (TPSA) is 69.6 Å². The lowest BCUT2D eigenvalue weighted by Gasteiger charge is -2.34. The number of hydrogen-bond acceptors (Lipinski definition) is 2. The highest BCUT2D eigenvalue weighted by molar-refractivity contribution is 5.86. The third kappa shape index (κ3) is 3.87. The highest BCUT2D eigenvalue weighted by Crippen LogP contribution is 2.28. The zero-order valence-electron chi connectivity index (χ0n) is 12.9. The van der Waals surface area contributed by atoms with Crippen molar-refractivity contribution in [2.75, 3.05) is 7.05 Å². The highest BCUT2D eigenvalue weighted by atomic mass is 16.4. The zero-order valence-corrected chi connectivity index (χ0v) is 12.9. The van der Waals surface area contributed by atoms with Crippen molar-refractivity contribution in [2.24, 2.45) is 0 Å². The Morgan fingerprint density at radius 2 is 1.65 bits per heavy atom. The van der Waals surface area contributed by atoms with Crippen LogP contribution in [0.25, 0.3) is 0 Å². The molecule has 0 radical (unpaired) electrons. The number of rotatable bonds is 5. The minimum absolute atomic E-state index is 0.159. The molecule has 116 valence electrons. The maximum Gasteiger partial charge on any atom is 0.329 e. The van der Waals surface area contributed by atoms with Crippen molar-refractivity contribution in [3.8, 4) is 0 Å². The zero-order chi connectivity index (χ0) is 15.2. The molecule has 1 aliphatic rings. The van der Waals surface area contributed by atoms with Crippen LogP contribution >= 0.6 is 0 Å². The summed E-state index contributed by atoms with van der Waals surface area (Å²) in [6, 6.07) is -0.102. The van der Waals surface area contributed by atoms with E-state index in [9.17, 15) is 14.7 Å². The molecule has 0 aromatic rings. The molecular formula is C15H28N2O3. The Labute approximate surface area is 121 Å². The van der Waals surface area contributed by atoms with Crippen molar-refractivity contribution in [1.82, 2.24) is 10.2 Å². The second-order valence-electron chi connectivity index (χ2n) is 5.81. The van der Waals surface area contributed by atoms with Crippen molar-refractivity contribution >= 4 is 12.0 Å². The molecular weight excluding hydrogens is 256 g/mol. The summed E-state index contributed by atoms with van der Waals surface area (Å²) >= 11 is 0. The van der Waals surface area contributed by atoms with Gasteiger partial charge in [0.2, 0.25) is 0 Å². The number of hydrogen-bond donors (Lipinski definition) is 2. The summed E-state index contributed by atoms with van der Waals surface area (Å²) in [5, 5.41) is 12.4. The molecule has 5 nitrogen and oxygen atoms in total. The maximum atomic E-state index is 12.3. The van der Waals surface area contributed by atoms with E-state index in [1.165, 1.54) is 0 Å². The summed E-state index contributed by atoms with van der Waals surface area (Å²) in [4.78, 5) is 25.7. The van der Waals surface area contributed by atoms with Gasteiger partial charge < -0.3 is 15.3 Å². The number of carbonyl (C=O) groups is 2. The van der Waals surface area contributed by atoms with Crippen molar-refractivity contribution in [2.45, 2.75) is 76.8 Å². The number of aliphatic carboxylic acids is 1. The lowest BCUT2D eigenvalue weighted by molar-refractivity contribution is -0.145. The van der Waals surface area contributed by atoms with Gasteiger partial charge in [-0.1, -0.05) is 39.5 Å². The average molecular weight is 284 g/mol. The van der Waals surface area contributed by atoms with Crippen LogP contribution in [0.15, 0.2) is 0 Å². The van der Waals surface area contributed by atoms with E-state index in [2.05, 4.69) is 5.32 Å². The number of carbonyl (C=O) groups excluding carboxylic acids is 1. The first-order valence-electron chi connectivity index (χ1n) is 7.75. The fourth-order valence-electron chi connectivity index (χ4n) is 3.02. The fraction of sp³-hybridized carbons (Fsp3) is 0.867. The van der Waals surface area contributed by atoms with Gasteiger partial charge in [0, 0.05) is 13.1 Å². The minimum atomic E-state index is -1.08. The molecule has 0 heterocycles. The van der Waals surface area contributed by atoms with Crippen molar-refractivity contribution in [3.63, 3.8) is 0 Å². The molecule has 20 heavy (non-hydrogen) atoms. The van der Waals surface area contributed by atoms with E-state index >= 15 is 0 Å². The van der Waals surface area contributed by atoms with Gasteiger partial charge in [-0.15, -0.1) is 0 Å². The van der Waals surface area contributed by atoms with E-state index in [4.69, 9.17) is 0 Å². The molecule has 0 unspecified atom stereocenters. The van der Waals surface area contributed by atoms with Gasteiger partial charge in [0.05, 0.1) is 0 Å². The Balaban J connectivity index is 2.79. The lowest BCUT2D eigenvalue weighted by Crippen LogP contribution is -2.58. The van der Waals surface area contributed by atoms with E-state index in [1.807, 2.05) is 13.8 Å². The molecule has 1 rings (SSSR count). The first-order valence-corrected chi connectivity index (χ1v) is 7.75. The molecule has 0 aromatic heterocycles. The lowest BCUT2D eigenvalue weighted by atomic mass is 9.90. The molecule has 0 saturated heterocycles. The fourth-order valence-corrected chi connectivity index (χ4v) is 3.02. The van der Waals surface area contributed by atoms with Crippen LogP contribution in [0.3, 0.4) is 0 Å². The van der Waals surface area contributed by atoms with Crippen LogP contribution in [0, 0.1) is 0 Å². The van der Waals surface area contributed by atoms with Gasteiger partial charge in [-0.05, 0) is 25.7 Å². The first kappa shape index (κ1) is 16.8. The molecule has 0 aromatic carbocycles. The minimum Gasteiger partial charge on any atom is -0.480 e. The summed E-state index contributed by atoms with van der Waals surface area (Å²) in [7, 11) is 1.75.